The van der Waals surface area contributed by atoms with Crippen molar-refractivity contribution < 1.29 is 0 Å². The Labute approximate surface area is 131 Å². The summed E-state index contributed by atoms with van der Waals surface area (Å²) in [6.07, 6.45) is 11.6. The maximum Gasteiger partial charge on any atom is 0.113 e. The number of benzene rings is 1. The van der Waals surface area contributed by atoms with Crippen LogP contribution in [0.25, 0.3) is 17.3 Å². The van der Waals surface area contributed by atoms with Crippen molar-refractivity contribution in [3.05, 3.63) is 41.6 Å². The molecule has 0 atom stereocenters. The molecule has 1 aliphatic carbocycles. The van der Waals surface area contributed by atoms with E-state index < -0.39 is 0 Å². The molecule has 0 amide bonds. The molecule has 4 nitrogen and oxygen atoms in total. The van der Waals surface area contributed by atoms with Gasteiger partial charge in [0.25, 0.3) is 0 Å². The maximum absolute atomic E-state index is 4.35. The van der Waals surface area contributed by atoms with Gasteiger partial charge in [0.1, 0.15) is 5.69 Å². The summed E-state index contributed by atoms with van der Waals surface area (Å²) in [4.78, 5) is 2.53. The fraction of sp³-hybridized carbons (Fsp3) is 0.444. The molecular formula is C18H22N4. The zero-order valence-corrected chi connectivity index (χ0v) is 12.9. The highest BCUT2D eigenvalue weighted by molar-refractivity contribution is 5.68. The molecule has 1 aromatic heterocycles. The van der Waals surface area contributed by atoms with Crippen LogP contribution in [-0.2, 0) is 13.0 Å². The molecule has 0 N–H and O–H groups in total. The van der Waals surface area contributed by atoms with Gasteiger partial charge in [-0.1, -0.05) is 35.9 Å². The summed E-state index contributed by atoms with van der Waals surface area (Å²) >= 11 is 0. The van der Waals surface area contributed by atoms with Crippen molar-refractivity contribution in [1.82, 2.24) is 19.9 Å². The summed E-state index contributed by atoms with van der Waals surface area (Å²) < 4.78 is 1.98. The number of piperidine rings is 1. The monoisotopic (exact) mass is 294 g/mol. The highest BCUT2D eigenvalue weighted by atomic mass is 15.4. The normalized spacial score (nSPS) is 17.8. The summed E-state index contributed by atoms with van der Waals surface area (Å²) in [7, 11) is 0. The van der Waals surface area contributed by atoms with Gasteiger partial charge < -0.3 is 4.90 Å². The molecule has 0 unspecified atom stereocenters. The molecule has 114 valence electrons. The first-order valence-electron chi connectivity index (χ1n) is 8.31. The van der Waals surface area contributed by atoms with Crippen molar-refractivity contribution in [2.75, 3.05) is 19.6 Å². The number of allylic oxidation sites excluding steroid dienone is 1. The standard InChI is InChI=1S/C18H22N4/c1-2-9-21(10-3-1)11-12-22-14-18(19-20-22)17-8-7-15-5-4-6-16(15)13-17/h4,6-8,13-14H,1-3,5,9-12H2. The Hall–Kier alpha value is -1.94. The molecule has 2 aliphatic rings. The van der Waals surface area contributed by atoms with Gasteiger partial charge in [0.15, 0.2) is 0 Å². The Morgan fingerprint density at radius 3 is 2.86 bits per heavy atom. The highest BCUT2D eigenvalue weighted by Crippen LogP contribution is 2.25. The van der Waals surface area contributed by atoms with Gasteiger partial charge in [0, 0.05) is 12.1 Å². The largest absolute Gasteiger partial charge is 0.301 e. The van der Waals surface area contributed by atoms with Crippen molar-refractivity contribution in [2.24, 2.45) is 0 Å². The van der Waals surface area contributed by atoms with Gasteiger partial charge in [-0.05, 0) is 49.5 Å². The first kappa shape index (κ1) is 13.7. The molecule has 4 rings (SSSR count). The minimum absolute atomic E-state index is 0.928. The summed E-state index contributed by atoms with van der Waals surface area (Å²) in [5, 5.41) is 8.64. The van der Waals surface area contributed by atoms with Crippen LogP contribution in [0.1, 0.15) is 30.4 Å². The number of likely N-dealkylation sites (tertiary alicyclic amines) is 1. The number of nitrogens with zero attached hydrogens (tertiary/aromatic N) is 4. The van der Waals surface area contributed by atoms with E-state index in [0.29, 0.717) is 0 Å². The first-order chi connectivity index (χ1) is 10.9. The van der Waals surface area contributed by atoms with Gasteiger partial charge in [-0.2, -0.15) is 0 Å². The van der Waals surface area contributed by atoms with Gasteiger partial charge in [-0.3, -0.25) is 4.68 Å². The second-order valence-corrected chi connectivity index (χ2v) is 6.29. The van der Waals surface area contributed by atoms with E-state index in [2.05, 4.69) is 51.8 Å². The molecule has 1 aromatic carbocycles. The molecule has 2 heterocycles. The summed E-state index contributed by atoms with van der Waals surface area (Å²) in [5.74, 6) is 0. The molecule has 0 bridgehead atoms. The lowest BCUT2D eigenvalue weighted by molar-refractivity contribution is 0.217. The summed E-state index contributed by atoms with van der Waals surface area (Å²) in [5.41, 5.74) is 4.86. The molecule has 22 heavy (non-hydrogen) atoms. The molecule has 1 fully saturated rings. The van der Waals surface area contributed by atoms with Crippen molar-refractivity contribution >= 4 is 6.08 Å². The predicted octanol–water partition coefficient (Wildman–Crippen LogP) is 3.00. The number of rotatable bonds is 4. The number of hydrogen-bond donors (Lipinski definition) is 0. The fourth-order valence-electron chi connectivity index (χ4n) is 3.38. The topological polar surface area (TPSA) is 34.0 Å². The number of hydrogen-bond acceptors (Lipinski definition) is 3. The minimum Gasteiger partial charge on any atom is -0.301 e. The van der Waals surface area contributed by atoms with Crippen LogP contribution in [0.2, 0.25) is 0 Å². The zero-order valence-electron chi connectivity index (χ0n) is 12.9. The van der Waals surface area contributed by atoms with Gasteiger partial charge in [0.2, 0.25) is 0 Å². The lowest BCUT2D eigenvalue weighted by Gasteiger charge is -2.25. The molecule has 1 aliphatic heterocycles. The maximum atomic E-state index is 4.35. The summed E-state index contributed by atoms with van der Waals surface area (Å²) in [6, 6.07) is 6.58. The second-order valence-electron chi connectivity index (χ2n) is 6.29. The molecule has 0 saturated carbocycles. The zero-order chi connectivity index (χ0) is 14.8. The third-order valence-electron chi connectivity index (χ3n) is 4.71. The predicted molar refractivity (Wildman–Crippen MR) is 88.5 cm³/mol. The van der Waals surface area contributed by atoms with E-state index in [1.807, 2.05) is 4.68 Å². The van der Waals surface area contributed by atoms with Gasteiger partial charge in [0.05, 0.1) is 12.7 Å². The van der Waals surface area contributed by atoms with Crippen LogP contribution in [0.3, 0.4) is 0 Å². The third-order valence-corrected chi connectivity index (χ3v) is 4.71. The van der Waals surface area contributed by atoms with E-state index in [1.54, 1.807) is 0 Å². The van der Waals surface area contributed by atoms with Crippen LogP contribution in [0, 0.1) is 0 Å². The fourth-order valence-corrected chi connectivity index (χ4v) is 3.38. The third kappa shape index (κ3) is 2.83. The first-order valence-corrected chi connectivity index (χ1v) is 8.31. The van der Waals surface area contributed by atoms with Crippen LogP contribution in [-0.4, -0.2) is 39.5 Å². The smallest absolute Gasteiger partial charge is 0.113 e. The quantitative estimate of drug-likeness (QED) is 0.869. The molecular weight excluding hydrogens is 272 g/mol. The minimum atomic E-state index is 0.928. The number of aromatic nitrogens is 3. The van der Waals surface area contributed by atoms with E-state index in [0.717, 1.165) is 30.8 Å². The van der Waals surface area contributed by atoms with E-state index in [1.165, 1.54) is 43.5 Å². The SMILES string of the molecule is C1=Cc2cc(-c3cn(CCN4CCCCC4)nn3)ccc2C1. The van der Waals surface area contributed by atoms with Crippen LogP contribution in [0.4, 0.5) is 0 Å². The van der Waals surface area contributed by atoms with E-state index in [-0.39, 0.29) is 0 Å². The Morgan fingerprint density at radius 1 is 1.05 bits per heavy atom. The second kappa shape index (κ2) is 6.05. The molecule has 0 radical (unpaired) electrons. The van der Waals surface area contributed by atoms with Crippen molar-refractivity contribution in [1.29, 1.82) is 0 Å². The van der Waals surface area contributed by atoms with Crippen LogP contribution < -0.4 is 0 Å². The Bertz CT molecular complexity index is 680. The van der Waals surface area contributed by atoms with Gasteiger partial charge in [-0.15, -0.1) is 5.10 Å². The Kier molecular flexibility index (Phi) is 3.77. The lowest BCUT2D eigenvalue weighted by Crippen LogP contribution is -2.32. The van der Waals surface area contributed by atoms with Crippen LogP contribution in [0.5, 0.6) is 0 Å². The average molecular weight is 294 g/mol. The average Bonchev–Trinajstić information content (AvgIpc) is 3.22. The van der Waals surface area contributed by atoms with E-state index in [9.17, 15) is 0 Å². The Morgan fingerprint density at radius 2 is 1.95 bits per heavy atom. The Balaban J connectivity index is 1.43. The number of fused-ring (bicyclic) bond motifs is 1. The molecule has 0 spiro atoms. The van der Waals surface area contributed by atoms with Gasteiger partial charge in [-0.25, -0.2) is 0 Å². The lowest BCUT2D eigenvalue weighted by atomic mass is 10.0. The van der Waals surface area contributed by atoms with E-state index >= 15 is 0 Å². The van der Waals surface area contributed by atoms with E-state index in [4.69, 9.17) is 0 Å². The molecule has 2 aromatic rings. The summed E-state index contributed by atoms with van der Waals surface area (Å²) in [6.45, 7) is 4.48. The van der Waals surface area contributed by atoms with Gasteiger partial charge >= 0.3 is 0 Å². The van der Waals surface area contributed by atoms with Crippen molar-refractivity contribution in [3.8, 4) is 11.3 Å². The van der Waals surface area contributed by atoms with Crippen LogP contribution in [0.15, 0.2) is 30.5 Å². The van der Waals surface area contributed by atoms with Crippen molar-refractivity contribution in [2.45, 2.75) is 32.2 Å². The molecule has 1 saturated heterocycles. The van der Waals surface area contributed by atoms with Crippen LogP contribution >= 0.6 is 0 Å². The van der Waals surface area contributed by atoms with Crippen molar-refractivity contribution in [3.63, 3.8) is 0 Å². The highest BCUT2D eigenvalue weighted by Gasteiger charge is 2.12. The molecule has 4 heteroatoms.